The van der Waals surface area contributed by atoms with Gasteiger partial charge in [0.2, 0.25) is 0 Å². The molecule has 7 nitrogen and oxygen atoms in total. The highest BCUT2D eigenvalue weighted by molar-refractivity contribution is 6.31. The Morgan fingerprint density at radius 3 is 2.86 bits per heavy atom. The van der Waals surface area contributed by atoms with Crippen LogP contribution in [0.4, 0.5) is 4.39 Å². The molecule has 4 aromatic heterocycles. The third-order valence-electron chi connectivity index (χ3n) is 5.08. The second kappa shape index (κ2) is 7.44. The average molecular weight is 416 g/mol. The molecule has 29 heavy (non-hydrogen) atoms. The van der Waals surface area contributed by atoms with Gasteiger partial charge in [-0.05, 0) is 26.8 Å². The normalized spacial score (nSPS) is 13.7. The van der Waals surface area contributed by atoms with E-state index in [0.717, 1.165) is 5.39 Å². The Balaban J connectivity index is 1.82. The number of carbonyl (C=O) groups excluding carboxylic acids is 1. The lowest BCUT2D eigenvalue weighted by molar-refractivity contribution is -0.148. The van der Waals surface area contributed by atoms with Crippen molar-refractivity contribution in [3.63, 3.8) is 0 Å². The SMILES string of the molecule is CCOC(=O)[C@@H](C)[C@H](C)n1cc(F)c2cnc(-c3c[nH]c4ncc(Cl)cc34)nc21. The topological polar surface area (TPSA) is 85.7 Å². The summed E-state index contributed by atoms with van der Waals surface area (Å²) < 4.78 is 21.3. The van der Waals surface area contributed by atoms with Crippen LogP contribution in [0.5, 0.6) is 0 Å². The highest BCUT2D eigenvalue weighted by Gasteiger charge is 2.26. The minimum Gasteiger partial charge on any atom is -0.466 e. The molecule has 4 rings (SSSR count). The molecule has 0 bridgehead atoms. The van der Waals surface area contributed by atoms with E-state index in [1.54, 1.807) is 36.9 Å². The van der Waals surface area contributed by atoms with Gasteiger partial charge in [-0.15, -0.1) is 0 Å². The number of rotatable bonds is 5. The zero-order chi connectivity index (χ0) is 20.7. The fourth-order valence-electron chi connectivity index (χ4n) is 3.31. The van der Waals surface area contributed by atoms with Crippen molar-refractivity contribution in [3.05, 3.63) is 41.7 Å². The van der Waals surface area contributed by atoms with E-state index in [-0.39, 0.29) is 17.4 Å². The van der Waals surface area contributed by atoms with Gasteiger partial charge in [0.25, 0.3) is 0 Å². The first kappa shape index (κ1) is 19.3. The van der Waals surface area contributed by atoms with Crippen molar-refractivity contribution < 1.29 is 13.9 Å². The molecule has 0 aliphatic rings. The number of halogens is 2. The van der Waals surface area contributed by atoms with Crippen molar-refractivity contribution in [2.45, 2.75) is 26.8 Å². The lowest BCUT2D eigenvalue weighted by atomic mass is 10.0. The molecule has 9 heteroatoms. The van der Waals surface area contributed by atoms with Crippen LogP contribution in [0.3, 0.4) is 0 Å². The number of hydrogen-bond donors (Lipinski definition) is 1. The van der Waals surface area contributed by atoms with Gasteiger partial charge in [0.15, 0.2) is 11.6 Å². The molecule has 1 N–H and O–H groups in total. The number of aromatic nitrogens is 5. The van der Waals surface area contributed by atoms with Crippen LogP contribution < -0.4 is 0 Å². The molecule has 0 saturated carbocycles. The van der Waals surface area contributed by atoms with E-state index in [9.17, 15) is 9.18 Å². The van der Waals surface area contributed by atoms with Crippen LogP contribution in [-0.4, -0.2) is 37.1 Å². The summed E-state index contributed by atoms with van der Waals surface area (Å²) in [6.07, 6.45) is 6.08. The molecule has 0 amide bonds. The maximum atomic E-state index is 14.5. The Bertz CT molecular complexity index is 1220. The minimum absolute atomic E-state index is 0.285. The largest absolute Gasteiger partial charge is 0.466 e. The van der Waals surface area contributed by atoms with Crippen molar-refractivity contribution in [2.24, 2.45) is 5.92 Å². The first-order valence-electron chi connectivity index (χ1n) is 9.23. The van der Waals surface area contributed by atoms with Gasteiger partial charge in [0, 0.05) is 41.8 Å². The van der Waals surface area contributed by atoms with Gasteiger partial charge >= 0.3 is 5.97 Å². The lowest BCUT2D eigenvalue weighted by Crippen LogP contribution is -2.24. The summed E-state index contributed by atoms with van der Waals surface area (Å²) >= 11 is 6.08. The number of pyridine rings is 1. The van der Waals surface area contributed by atoms with Crippen LogP contribution in [0.25, 0.3) is 33.5 Å². The van der Waals surface area contributed by atoms with Crippen molar-refractivity contribution in [1.29, 1.82) is 0 Å². The summed E-state index contributed by atoms with van der Waals surface area (Å²) in [5.74, 6) is -0.852. The van der Waals surface area contributed by atoms with E-state index in [1.165, 1.54) is 12.4 Å². The maximum Gasteiger partial charge on any atom is 0.310 e. The highest BCUT2D eigenvalue weighted by Crippen LogP contribution is 2.31. The molecule has 0 aliphatic heterocycles. The van der Waals surface area contributed by atoms with E-state index in [0.29, 0.717) is 34.3 Å². The van der Waals surface area contributed by atoms with Crippen molar-refractivity contribution in [1.82, 2.24) is 24.5 Å². The summed E-state index contributed by atoms with van der Waals surface area (Å²) in [4.78, 5) is 28.4. The Morgan fingerprint density at radius 1 is 1.31 bits per heavy atom. The number of ether oxygens (including phenoxy) is 1. The predicted octanol–water partition coefficient (Wildman–Crippen LogP) is 4.53. The molecule has 0 spiro atoms. The van der Waals surface area contributed by atoms with Gasteiger partial charge in [0.1, 0.15) is 11.3 Å². The molecule has 2 atom stereocenters. The van der Waals surface area contributed by atoms with Crippen LogP contribution in [0, 0.1) is 11.7 Å². The van der Waals surface area contributed by atoms with Crippen LogP contribution in [0.15, 0.2) is 30.9 Å². The van der Waals surface area contributed by atoms with Crippen molar-refractivity contribution in [2.75, 3.05) is 6.61 Å². The maximum absolute atomic E-state index is 14.5. The van der Waals surface area contributed by atoms with Crippen molar-refractivity contribution in [3.8, 4) is 11.4 Å². The Kier molecular flexibility index (Phi) is 4.96. The molecule has 150 valence electrons. The molecule has 0 radical (unpaired) electrons. The van der Waals surface area contributed by atoms with Crippen molar-refractivity contribution >= 4 is 39.6 Å². The summed E-state index contributed by atoms with van der Waals surface area (Å²) in [5, 5.41) is 1.54. The molecule has 4 heterocycles. The molecular formula is C20H19ClFN5O2. The molecule has 0 unspecified atom stereocenters. The van der Waals surface area contributed by atoms with Crippen LogP contribution in [0.2, 0.25) is 5.02 Å². The monoisotopic (exact) mass is 415 g/mol. The van der Waals surface area contributed by atoms with E-state index < -0.39 is 11.7 Å². The van der Waals surface area contributed by atoms with E-state index in [1.807, 2.05) is 6.92 Å². The van der Waals surface area contributed by atoms with Gasteiger partial charge in [-0.2, -0.15) is 0 Å². The molecule has 0 fully saturated rings. The Hall–Kier alpha value is -3.00. The number of H-pyrrole nitrogens is 1. The smallest absolute Gasteiger partial charge is 0.310 e. The first-order chi connectivity index (χ1) is 13.9. The zero-order valence-corrected chi connectivity index (χ0v) is 16.9. The van der Waals surface area contributed by atoms with Crippen LogP contribution >= 0.6 is 11.6 Å². The molecule has 4 aromatic rings. The summed E-state index contributed by atoms with van der Waals surface area (Å²) in [6.45, 7) is 5.63. The van der Waals surface area contributed by atoms with Crippen LogP contribution in [0.1, 0.15) is 26.8 Å². The number of nitrogens with one attached hydrogen (secondary N) is 1. The standard InChI is InChI=1S/C20H19ClFN5O2/c1-4-29-20(28)10(2)11(3)27-9-16(22)15-8-25-18(26-19(15)27)14-7-24-17-13(14)5-12(21)6-23-17/h5-11H,4H2,1-3H3,(H,23,24)/t10-,11-/m0/s1. The molecule has 0 aromatic carbocycles. The number of esters is 1. The second-order valence-corrected chi connectivity index (χ2v) is 7.29. The van der Waals surface area contributed by atoms with Gasteiger partial charge in [-0.1, -0.05) is 11.6 Å². The summed E-state index contributed by atoms with van der Waals surface area (Å²) in [6, 6.07) is 1.41. The zero-order valence-electron chi connectivity index (χ0n) is 16.1. The fraction of sp³-hybridized carbons (Fsp3) is 0.300. The Morgan fingerprint density at radius 2 is 2.10 bits per heavy atom. The summed E-state index contributed by atoms with van der Waals surface area (Å²) in [7, 11) is 0. The van der Waals surface area contributed by atoms with E-state index in [4.69, 9.17) is 16.3 Å². The predicted molar refractivity (Wildman–Crippen MR) is 108 cm³/mol. The highest BCUT2D eigenvalue weighted by atomic mass is 35.5. The first-order valence-corrected chi connectivity index (χ1v) is 9.61. The number of nitrogens with zero attached hydrogens (tertiary/aromatic N) is 4. The minimum atomic E-state index is -0.473. The Labute approximate surface area is 170 Å². The average Bonchev–Trinajstić information content (AvgIpc) is 3.27. The molecule has 0 aliphatic carbocycles. The summed E-state index contributed by atoms with van der Waals surface area (Å²) in [5.41, 5.74) is 1.76. The third kappa shape index (κ3) is 3.33. The number of aromatic amines is 1. The number of hydrogen-bond acceptors (Lipinski definition) is 5. The molecule has 0 saturated heterocycles. The fourth-order valence-corrected chi connectivity index (χ4v) is 3.46. The number of fused-ring (bicyclic) bond motifs is 2. The van der Waals surface area contributed by atoms with Gasteiger partial charge in [-0.3, -0.25) is 4.79 Å². The van der Waals surface area contributed by atoms with Gasteiger partial charge < -0.3 is 14.3 Å². The quantitative estimate of drug-likeness (QED) is 0.484. The molecular weight excluding hydrogens is 397 g/mol. The van der Waals surface area contributed by atoms with E-state index in [2.05, 4.69) is 19.9 Å². The van der Waals surface area contributed by atoms with E-state index >= 15 is 0 Å². The van der Waals surface area contributed by atoms with Crippen LogP contribution in [-0.2, 0) is 9.53 Å². The van der Waals surface area contributed by atoms with Gasteiger partial charge in [0.05, 0.1) is 22.9 Å². The second-order valence-electron chi connectivity index (χ2n) is 6.85. The van der Waals surface area contributed by atoms with Gasteiger partial charge in [-0.25, -0.2) is 19.3 Å². The lowest BCUT2D eigenvalue weighted by Gasteiger charge is -2.20. The number of carbonyl (C=O) groups is 1. The third-order valence-corrected chi connectivity index (χ3v) is 5.29.